The van der Waals surface area contributed by atoms with Gasteiger partial charge in [0.15, 0.2) is 0 Å². The van der Waals surface area contributed by atoms with Crippen LogP contribution in [0, 0.1) is 0 Å². The fourth-order valence-electron chi connectivity index (χ4n) is 2.53. The van der Waals surface area contributed by atoms with E-state index in [4.69, 9.17) is 9.47 Å². The summed E-state index contributed by atoms with van der Waals surface area (Å²) in [5.74, 6) is 0.884. The van der Waals surface area contributed by atoms with Gasteiger partial charge in [-0.3, -0.25) is 9.59 Å². The number of hydrogen-bond donors (Lipinski definition) is 3. The van der Waals surface area contributed by atoms with Gasteiger partial charge in [-0.15, -0.1) is 0 Å². The van der Waals surface area contributed by atoms with Crippen molar-refractivity contribution in [3.63, 3.8) is 0 Å². The van der Waals surface area contributed by atoms with E-state index in [1.54, 1.807) is 45.4 Å². The maximum absolute atomic E-state index is 12.7. The second-order valence-corrected chi connectivity index (χ2v) is 6.50. The molecule has 1 unspecified atom stereocenters. The normalized spacial score (nSPS) is 12.4. The van der Waals surface area contributed by atoms with E-state index in [9.17, 15) is 9.59 Å². The van der Waals surface area contributed by atoms with Crippen molar-refractivity contribution in [3.8, 4) is 11.5 Å². The number of anilines is 2. The molecule has 7 nitrogen and oxygen atoms in total. The maximum Gasteiger partial charge on any atom is 0.245 e. The Bertz CT molecular complexity index is 790. The summed E-state index contributed by atoms with van der Waals surface area (Å²) in [6.07, 6.45) is 0.547. The molecule has 2 aromatic carbocycles. The van der Waals surface area contributed by atoms with Gasteiger partial charge in [-0.2, -0.15) is 0 Å². The van der Waals surface area contributed by atoms with E-state index in [0.717, 1.165) is 11.4 Å². The Labute approximate surface area is 165 Å². The summed E-state index contributed by atoms with van der Waals surface area (Å²) >= 11 is 0. The second kappa shape index (κ2) is 9.64. The molecule has 0 fully saturated rings. The highest BCUT2D eigenvalue weighted by Crippen LogP contribution is 2.21. The van der Waals surface area contributed by atoms with Gasteiger partial charge >= 0.3 is 0 Å². The molecule has 2 aromatic rings. The minimum Gasteiger partial charge on any atom is -0.497 e. The fraction of sp³-hybridized carbons (Fsp3) is 0.333. The highest BCUT2D eigenvalue weighted by molar-refractivity contribution is 5.97. The van der Waals surface area contributed by atoms with Crippen molar-refractivity contribution >= 4 is 23.2 Å². The van der Waals surface area contributed by atoms with Crippen molar-refractivity contribution in [1.29, 1.82) is 0 Å². The van der Waals surface area contributed by atoms with Crippen LogP contribution in [0.2, 0.25) is 0 Å². The standard InChI is InChI=1S/C21H27N3O4/c1-5-21(2,24-16-8-12-18(28-4)13-9-16)20(26)22-14-19(25)23-15-6-10-17(27-3)11-7-15/h6-13,24H,5,14H2,1-4H3,(H,22,26)(H,23,25). The number of amides is 2. The van der Waals surface area contributed by atoms with Gasteiger partial charge < -0.3 is 25.4 Å². The van der Waals surface area contributed by atoms with Crippen LogP contribution < -0.4 is 25.4 Å². The molecule has 0 bridgehead atoms. The molecule has 2 rings (SSSR count). The van der Waals surface area contributed by atoms with Gasteiger partial charge in [0.1, 0.15) is 17.0 Å². The molecule has 28 heavy (non-hydrogen) atoms. The summed E-state index contributed by atoms with van der Waals surface area (Å²) in [7, 11) is 3.18. The Morgan fingerprint density at radius 2 is 1.39 bits per heavy atom. The molecule has 0 saturated heterocycles. The number of rotatable bonds is 9. The van der Waals surface area contributed by atoms with Gasteiger partial charge in [0.2, 0.25) is 11.8 Å². The number of benzene rings is 2. The average Bonchev–Trinajstić information content (AvgIpc) is 2.73. The van der Waals surface area contributed by atoms with Crippen LogP contribution in [0.5, 0.6) is 11.5 Å². The summed E-state index contributed by atoms with van der Waals surface area (Å²) < 4.78 is 10.2. The number of hydrogen-bond acceptors (Lipinski definition) is 5. The first kappa shape index (κ1) is 21.1. The lowest BCUT2D eigenvalue weighted by atomic mass is 9.97. The van der Waals surface area contributed by atoms with Crippen LogP contribution in [-0.4, -0.2) is 38.1 Å². The number of methoxy groups -OCH3 is 2. The zero-order valence-corrected chi connectivity index (χ0v) is 16.7. The Balaban J connectivity index is 1.91. The summed E-state index contributed by atoms with van der Waals surface area (Å²) in [5.41, 5.74) is 0.576. The van der Waals surface area contributed by atoms with Crippen LogP contribution in [0.1, 0.15) is 20.3 Å². The lowest BCUT2D eigenvalue weighted by Gasteiger charge is -2.29. The van der Waals surface area contributed by atoms with Crippen molar-refractivity contribution < 1.29 is 19.1 Å². The van der Waals surface area contributed by atoms with Gasteiger partial charge in [0.05, 0.1) is 20.8 Å². The zero-order valence-electron chi connectivity index (χ0n) is 16.7. The molecule has 7 heteroatoms. The molecular formula is C21H27N3O4. The minimum atomic E-state index is -0.852. The molecule has 2 amide bonds. The predicted molar refractivity (Wildman–Crippen MR) is 110 cm³/mol. The molecule has 0 aromatic heterocycles. The maximum atomic E-state index is 12.7. The smallest absolute Gasteiger partial charge is 0.245 e. The van der Waals surface area contributed by atoms with Crippen LogP contribution >= 0.6 is 0 Å². The molecular weight excluding hydrogens is 358 g/mol. The average molecular weight is 385 g/mol. The SMILES string of the molecule is CCC(C)(Nc1ccc(OC)cc1)C(=O)NCC(=O)Nc1ccc(OC)cc1. The highest BCUT2D eigenvalue weighted by Gasteiger charge is 2.31. The molecule has 3 N–H and O–H groups in total. The van der Waals surface area contributed by atoms with E-state index in [0.29, 0.717) is 17.9 Å². The first-order valence-corrected chi connectivity index (χ1v) is 9.04. The largest absolute Gasteiger partial charge is 0.497 e. The lowest BCUT2D eigenvalue weighted by molar-refractivity contribution is -0.127. The van der Waals surface area contributed by atoms with Gasteiger partial charge in [-0.1, -0.05) is 6.92 Å². The molecule has 0 aliphatic carbocycles. The Kier molecular flexibility index (Phi) is 7.26. The van der Waals surface area contributed by atoms with Gasteiger partial charge in [-0.25, -0.2) is 0 Å². The first-order chi connectivity index (χ1) is 13.4. The van der Waals surface area contributed by atoms with E-state index >= 15 is 0 Å². The molecule has 1 atom stereocenters. The van der Waals surface area contributed by atoms with E-state index < -0.39 is 5.54 Å². The third-order valence-electron chi connectivity index (χ3n) is 4.50. The van der Waals surface area contributed by atoms with E-state index in [-0.39, 0.29) is 18.4 Å². The van der Waals surface area contributed by atoms with Crippen LogP contribution in [0.4, 0.5) is 11.4 Å². The van der Waals surface area contributed by atoms with Crippen molar-refractivity contribution in [1.82, 2.24) is 5.32 Å². The number of ether oxygens (including phenoxy) is 2. The predicted octanol–water partition coefficient (Wildman–Crippen LogP) is 3.04. The van der Waals surface area contributed by atoms with E-state index in [1.165, 1.54) is 0 Å². The molecule has 150 valence electrons. The van der Waals surface area contributed by atoms with Gasteiger partial charge in [0.25, 0.3) is 0 Å². The molecule has 0 heterocycles. The summed E-state index contributed by atoms with van der Waals surface area (Å²) in [4.78, 5) is 24.8. The van der Waals surface area contributed by atoms with Crippen LogP contribution in [-0.2, 0) is 9.59 Å². The van der Waals surface area contributed by atoms with E-state index in [2.05, 4.69) is 16.0 Å². The molecule has 0 aliphatic rings. The third kappa shape index (κ3) is 5.64. The van der Waals surface area contributed by atoms with Crippen molar-refractivity contribution in [3.05, 3.63) is 48.5 Å². The van der Waals surface area contributed by atoms with E-state index in [1.807, 2.05) is 31.2 Å². The Hall–Kier alpha value is -3.22. The van der Waals surface area contributed by atoms with Crippen LogP contribution in [0.3, 0.4) is 0 Å². The zero-order chi connectivity index (χ0) is 20.6. The fourth-order valence-corrected chi connectivity index (χ4v) is 2.53. The quantitative estimate of drug-likeness (QED) is 0.617. The van der Waals surface area contributed by atoms with Crippen molar-refractivity contribution in [2.75, 3.05) is 31.4 Å². The minimum absolute atomic E-state index is 0.120. The molecule has 0 spiro atoms. The monoisotopic (exact) mass is 385 g/mol. The number of nitrogens with one attached hydrogen (secondary N) is 3. The number of carbonyl (C=O) groups excluding carboxylic acids is 2. The summed E-state index contributed by atoms with van der Waals surface area (Å²) in [6.45, 7) is 3.59. The first-order valence-electron chi connectivity index (χ1n) is 9.04. The molecule has 0 aliphatic heterocycles. The summed E-state index contributed by atoms with van der Waals surface area (Å²) in [5, 5.41) is 8.66. The molecule has 0 saturated carbocycles. The lowest BCUT2D eigenvalue weighted by Crippen LogP contribution is -2.51. The third-order valence-corrected chi connectivity index (χ3v) is 4.50. The van der Waals surface area contributed by atoms with Gasteiger partial charge in [0, 0.05) is 11.4 Å². The second-order valence-electron chi connectivity index (χ2n) is 6.50. The van der Waals surface area contributed by atoms with Crippen molar-refractivity contribution in [2.24, 2.45) is 0 Å². The van der Waals surface area contributed by atoms with Gasteiger partial charge in [-0.05, 0) is 61.9 Å². The molecule has 0 radical (unpaired) electrons. The topological polar surface area (TPSA) is 88.7 Å². The highest BCUT2D eigenvalue weighted by atomic mass is 16.5. The Morgan fingerprint density at radius 1 is 0.893 bits per heavy atom. The number of carbonyl (C=O) groups is 2. The van der Waals surface area contributed by atoms with Crippen molar-refractivity contribution in [2.45, 2.75) is 25.8 Å². The van der Waals surface area contributed by atoms with Crippen LogP contribution in [0.25, 0.3) is 0 Å². The Morgan fingerprint density at radius 3 is 1.86 bits per heavy atom. The summed E-state index contributed by atoms with van der Waals surface area (Å²) in [6, 6.07) is 14.3. The van der Waals surface area contributed by atoms with Crippen LogP contribution in [0.15, 0.2) is 48.5 Å².